The van der Waals surface area contributed by atoms with Gasteiger partial charge in [0.05, 0.1) is 11.5 Å². The van der Waals surface area contributed by atoms with E-state index in [0.29, 0.717) is 12.4 Å². The lowest BCUT2D eigenvalue weighted by atomic mass is 9.96. The molecule has 2 fully saturated rings. The number of benzene rings is 1. The quantitative estimate of drug-likeness (QED) is 0.598. The standard InChI is InChI=1S/C16H22BrN3O2S/c1-18-15(20-12-6-9-23(21,22)10-12)19-11-16(7-8-16)13-4-2-3-5-14(13)17/h2-5,12H,6-11H2,1H3,(H2,18,19,20). The Morgan fingerprint density at radius 2 is 2.13 bits per heavy atom. The van der Waals surface area contributed by atoms with Gasteiger partial charge in [-0.3, -0.25) is 4.99 Å². The van der Waals surface area contributed by atoms with E-state index in [1.54, 1.807) is 7.05 Å². The third-order valence-corrected chi connectivity index (χ3v) is 7.15. The maximum atomic E-state index is 11.6. The van der Waals surface area contributed by atoms with Gasteiger partial charge in [0.1, 0.15) is 0 Å². The van der Waals surface area contributed by atoms with Crippen molar-refractivity contribution in [2.45, 2.75) is 30.7 Å². The zero-order valence-corrected chi connectivity index (χ0v) is 15.6. The molecule has 126 valence electrons. The average Bonchev–Trinajstić information content (AvgIpc) is 3.22. The average molecular weight is 400 g/mol. The first kappa shape index (κ1) is 16.8. The summed E-state index contributed by atoms with van der Waals surface area (Å²) in [7, 11) is -1.16. The second-order valence-electron chi connectivity index (χ2n) is 6.43. The molecule has 0 spiro atoms. The van der Waals surface area contributed by atoms with Crippen molar-refractivity contribution < 1.29 is 8.42 Å². The molecule has 1 saturated heterocycles. The summed E-state index contributed by atoms with van der Waals surface area (Å²) >= 11 is 3.64. The van der Waals surface area contributed by atoms with Crippen LogP contribution in [0.25, 0.3) is 0 Å². The Morgan fingerprint density at radius 1 is 1.39 bits per heavy atom. The number of halogens is 1. The van der Waals surface area contributed by atoms with Gasteiger partial charge in [-0.2, -0.15) is 0 Å². The summed E-state index contributed by atoms with van der Waals surface area (Å²) in [5, 5.41) is 6.61. The molecule has 1 atom stereocenters. The lowest BCUT2D eigenvalue weighted by Crippen LogP contribution is -2.46. The van der Waals surface area contributed by atoms with E-state index in [2.05, 4.69) is 49.8 Å². The lowest BCUT2D eigenvalue weighted by molar-refractivity contribution is 0.597. The van der Waals surface area contributed by atoms with Crippen molar-refractivity contribution in [2.75, 3.05) is 25.1 Å². The second kappa shape index (κ2) is 6.43. The molecule has 5 nitrogen and oxygen atoms in total. The van der Waals surface area contributed by atoms with Crippen molar-refractivity contribution in [3.8, 4) is 0 Å². The minimum Gasteiger partial charge on any atom is -0.356 e. The first-order valence-electron chi connectivity index (χ1n) is 7.87. The van der Waals surface area contributed by atoms with Gasteiger partial charge >= 0.3 is 0 Å². The topological polar surface area (TPSA) is 70.6 Å². The number of guanidine groups is 1. The molecular weight excluding hydrogens is 378 g/mol. The molecule has 1 unspecified atom stereocenters. The summed E-state index contributed by atoms with van der Waals surface area (Å²) in [5.74, 6) is 1.15. The molecule has 23 heavy (non-hydrogen) atoms. The molecule has 0 radical (unpaired) electrons. The highest BCUT2D eigenvalue weighted by Gasteiger charge is 2.45. The molecule has 3 rings (SSSR count). The van der Waals surface area contributed by atoms with Crippen LogP contribution in [0.5, 0.6) is 0 Å². The molecule has 7 heteroatoms. The summed E-state index contributed by atoms with van der Waals surface area (Å²) in [6, 6.07) is 8.30. The number of hydrogen-bond acceptors (Lipinski definition) is 3. The van der Waals surface area contributed by atoms with Crippen LogP contribution in [0.15, 0.2) is 33.7 Å². The van der Waals surface area contributed by atoms with Gasteiger partial charge in [-0.15, -0.1) is 0 Å². The van der Waals surface area contributed by atoms with Crippen molar-refractivity contribution in [2.24, 2.45) is 4.99 Å². The van der Waals surface area contributed by atoms with Gasteiger partial charge in [-0.05, 0) is 30.9 Å². The number of rotatable bonds is 4. The van der Waals surface area contributed by atoms with Crippen LogP contribution < -0.4 is 10.6 Å². The fourth-order valence-corrected chi connectivity index (χ4v) is 5.51. The minimum atomic E-state index is -2.88. The largest absolute Gasteiger partial charge is 0.356 e. The van der Waals surface area contributed by atoms with E-state index < -0.39 is 9.84 Å². The summed E-state index contributed by atoms with van der Waals surface area (Å²) in [4.78, 5) is 4.23. The van der Waals surface area contributed by atoms with Crippen molar-refractivity contribution in [1.29, 1.82) is 0 Å². The van der Waals surface area contributed by atoms with Crippen molar-refractivity contribution in [3.05, 3.63) is 34.3 Å². The first-order valence-corrected chi connectivity index (χ1v) is 10.5. The number of sulfone groups is 1. The number of hydrogen-bond donors (Lipinski definition) is 2. The Morgan fingerprint density at radius 3 is 2.70 bits per heavy atom. The van der Waals surface area contributed by atoms with Crippen LogP contribution in [0, 0.1) is 0 Å². The SMILES string of the molecule is CN=C(NCC1(c2ccccc2Br)CC1)NC1CCS(=O)(=O)C1. The highest BCUT2D eigenvalue weighted by molar-refractivity contribution is 9.10. The summed E-state index contributed by atoms with van der Waals surface area (Å²) in [6.45, 7) is 0.800. The molecule has 1 saturated carbocycles. The van der Waals surface area contributed by atoms with Crippen LogP contribution >= 0.6 is 15.9 Å². The van der Waals surface area contributed by atoms with Crippen LogP contribution in [-0.2, 0) is 15.3 Å². The van der Waals surface area contributed by atoms with Crippen LogP contribution in [0.1, 0.15) is 24.8 Å². The molecule has 2 N–H and O–H groups in total. The smallest absolute Gasteiger partial charge is 0.191 e. The van der Waals surface area contributed by atoms with Crippen molar-refractivity contribution in [3.63, 3.8) is 0 Å². The molecule has 1 aliphatic heterocycles. The molecule has 1 aliphatic carbocycles. The van der Waals surface area contributed by atoms with Crippen LogP contribution in [0.3, 0.4) is 0 Å². The lowest BCUT2D eigenvalue weighted by Gasteiger charge is -2.21. The van der Waals surface area contributed by atoms with Crippen molar-refractivity contribution >= 4 is 31.7 Å². The third-order valence-electron chi connectivity index (χ3n) is 4.69. The van der Waals surface area contributed by atoms with E-state index in [1.165, 1.54) is 5.56 Å². The number of nitrogens with one attached hydrogen (secondary N) is 2. The Bertz CT molecular complexity index is 714. The van der Waals surface area contributed by atoms with E-state index in [4.69, 9.17) is 0 Å². The van der Waals surface area contributed by atoms with Crippen molar-refractivity contribution in [1.82, 2.24) is 10.6 Å². The molecule has 2 aliphatic rings. The fourth-order valence-electron chi connectivity index (χ4n) is 3.13. The molecule has 0 bridgehead atoms. The number of nitrogens with zero attached hydrogens (tertiary/aromatic N) is 1. The Kier molecular flexibility index (Phi) is 4.69. The van der Waals surface area contributed by atoms with Gasteiger partial charge in [-0.25, -0.2) is 8.42 Å². The monoisotopic (exact) mass is 399 g/mol. The molecule has 1 aromatic rings. The fraction of sp³-hybridized carbons (Fsp3) is 0.562. The van der Waals surface area contributed by atoms with E-state index >= 15 is 0 Å². The van der Waals surface area contributed by atoms with Gasteiger partial charge in [-0.1, -0.05) is 34.1 Å². The van der Waals surface area contributed by atoms with E-state index in [-0.39, 0.29) is 23.0 Å². The van der Waals surface area contributed by atoms with Crippen LogP contribution in [-0.4, -0.2) is 45.5 Å². The molecule has 1 aromatic carbocycles. The van der Waals surface area contributed by atoms with Gasteiger partial charge < -0.3 is 10.6 Å². The van der Waals surface area contributed by atoms with Gasteiger partial charge in [0.25, 0.3) is 0 Å². The molecule has 1 heterocycles. The van der Waals surface area contributed by atoms with E-state index in [9.17, 15) is 8.42 Å². The highest BCUT2D eigenvalue weighted by atomic mass is 79.9. The second-order valence-corrected chi connectivity index (χ2v) is 9.51. The summed E-state index contributed by atoms with van der Waals surface area (Å²) < 4.78 is 24.3. The summed E-state index contributed by atoms with van der Waals surface area (Å²) in [6.07, 6.45) is 2.95. The predicted octanol–water partition coefficient (Wildman–Crippen LogP) is 1.83. The normalized spacial score (nSPS) is 25.1. The molecule has 0 amide bonds. The van der Waals surface area contributed by atoms with Crippen LogP contribution in [0.2, 0.25) is 0 Å². The third kappa shape index (κ3) is 3.88. The predicted molar refractivity (Wildman–Crippen MR) is 96.6 cm³/mol. The molecular formula is C16H22BrN3O2S. The highest BCUT2D eigenvalue weighted by Crippen LogP contribution is 2.49. The van der Waals surface area contributed by atoms with E-state index in [0.717, 1.165) is 23.9 Å². The van der Waals surface area contributed by atoms with Gasteiger partial charge in [0.15, 0.2) is 15.8 Å². The Labute approximate surface area is 146 Å². The minimum absolute atomic E-state index is 0.0372. The van der Waals surface area contributed by atoms with Gasteiger partial charge in [0.2, 0.25) is 0 Å². The maximum absolute atomic E-state index is 11.6. The Hall–Kier alpha value is -1.08. The van der Waals surface area contributed by atoms with E-state index in [1.807, 2.05) is 6.07 Å². The maximum Gasteiger partial charge on any atom is 0.191 e. The van der Waals surface area contributed by atoms with Gasteiger partial charge in [0, 0.05) is 29.5 Å². The first-order chi connectivity index (χ1) is 10.9. The zero-order valence-electron chi connectivity index (χ0n) is 13.2. The Balaban J connectivity index is 1.60. The van der Waals surface area contributed by atoms with Crippen LogP contribution in [0.4, 0.5) is 0 Å². The molecule has 0 aromatic heterocycles. The summed E-state index contributed by atoms with van der Waals surface area (Å²) in [5.41, 5.74) is 1.48. The zero-order chi connectivity index (χ0) is 16.5. The number of aliphatic imine (C=N–C) groups is 1.